The summed E-state index contributed by atoms with van der Waals surface area (Å²) in [7, 11) is 0. The van der Waals surface area contributed by atoms with E-state index < -0.39 is 10.8 Å². The first-order valence-corrected chi connectivity index (χ1v) is 8.29. The molecule has 0 spiro atoms. The minimum Gasteiger partial charge on any atom is -0.493 e. The molecule has 0 saturated carbocycles. The number of rotatable bonds is 7. The van der Waals surface area contributed by atoms with Gasteiger partial charge in [-0.3, -0.25) is 14.9 Å². The first-order valence-electron chi connectivity index (χ1n) is 8.29. The van der Waals surface area contributed by atoms with Crippen molar-refractivity contribution in [3.8, 4) is 11.8 Å². The predicted octanol–water partition coefficient (Wildman–Crippen LogP) is 4.18. The quantitative estimate of drug-likeness (QED) is 0.343. The Morgan fingerprint density at radius 3 is 2.59 bits per heavy atom. The van der Waals surface area contributed by atoms with Gasteiger partial charge in [-0.1, -0.05) is 32.0 Å². The van der Waals surface area contributed by atoms with Crippen LogP contribution in [0.1, 0.15) is 19.4 Å². The zero-order valence-corrected chi connectivity index (χ0v) is 15.0. The van der Waals surface area contributed by atoms with E-state index in [0.717, 1.165) is 0 Å². The average Bonchev–Trinajstić information content (AvgIpc) is 2.65. The van der Waals surface area contributed by atoms with E-state index in [1.807, 2.05) is 6.07 Å². The van der Waals surface area contributed by atoms with Gasteiger partial charge >= 0.3 is 0 Å². The minimum atomic E-state index is -0.641. The highest BCUT2D eigenvalue weighted by molar-refractivity contribution is 6.09. The van der Waals surface area contributed by atoms with E-state index in [1.54, 1.807) is 24.3 Å². The highest BCUT2D eigenvalue weighted by Crippen LogP contribution is 2.19. The number of nitro groups is 1. The summed E-state index contributed by atoms with van der Waals surface area (Å²) in [6.45, 7) is 4.71. The van der Waals surface area contributed by atoms with Crippen molar-refractivity contribution >= 4 is 23.4 Å². The molecule has 0 saturated heterocycles. The number of carbonyl (C=O) groups is 1. The van der Waals surface area contributed by atoms with Crippen molar-refractivity contribution in [1.82, 2.24) is 0 Å². The summed E-state index contributed by atoms with van der Waals surface area (Å²) in [6.07, 6.45) is 1.44. The number of non-ortho nitro benzene ring substituents is 1. The summed E-state index contributed by atoms with van der Waals surface area (Å²) in [5, 5.41) is 22.6. The lowest BCUT2D eigenvalue weighted by Crippen LogP contribution is -2.13. The van der Waals surface area contributed by atoms with Crippen LogP contribution in [0, 0.1) is 27.4 Å². The molecule has 0 aliphatic carbocycles. The number of nitro benzene ring substituents is 1. The highest BCUT2D eigenvalue weighted by atomic mass is 16.6. The summed E-state index contributed by atoms with van der Waals surface area (Å²) in [5.41, 5.74) is 0.648. The van der Waals surface area contributed by atoms with Gasteiger partial charge in [-0.05, 0) is 35.8 Å². The zero-order valence-electron chi connectivity index (χ0n) is 15.0. The van der Waals surface area contributed by atoms with Crippen molar-refractivity contribution in [2.45, 2.75) is 13.8 Å². The van der Waals surface area contributed by atoms with Gasteiger partial charge in [0, 0.05) is 17.8 Å². The van der Waals surface area contributed by atoms with Crippen LogP contribution >= 0.6 is 0 Å². The van der Waals surface area contributed by atoms with Crippen LogP contribution in [-0.4, -0.2) is 17.4 Å². The first kappa shape index (κ1) is 19.7. The molecular weight excluding hydrogens is 346 g/mol. The molecule has 0 fully saturated rings. The normalized spacial score (nSPS) is 11.0. The fourth-order valence-electron chi connectivity index (χ4n) is 2.13. The molecule has 1 amide bonds. The maximum absolute atomic E-state index is 12.3. The van der Waals surface area contributed by atoms with Crippen molar-refractivity contribution in [2.75, 3.05) is 11.9 Å². The van der Waals surface area contributed by atoms with Crippen LogP contribution in [0.4, 0.5) is 11.4 Å². The summed E-state index contributed by atoms with van der Waals surface area (Å²) >= 11 is 0. The van der Waals surface area contributed by atoms with Crippen molar-refractivity contribution in [3.05, 3.63) is 69.8 Å². The Labute approximate surface area is 157 Å². The van der Waals surface area contributed by atoms with Crippen LogP contribution < -0.4 is 10.1 Å². The molecule has 2 rings (SSSR count). The maximum atomic E-state index is 12.3. The maximum Gasteiger partial charge on any atom is 0.271 e. The van der Waals surface area contributed by atoms with Crippen molar-refractivity contribution in [1.29, 1.82) is 5.26 Å². The Morgan fingerprint density at radius 1 is 1.30 bits per heavy atom. The summed E-state index contributed by atoms with van der Waals surface area (Å²) < 4.78 is 5.59. The van der Waals surface area contributed by atoms with Gasteiger partial charge in [-0.15, -0.1) is 0 Å². The molecule has 0 aliphatic rings. The number of ether oxygens (including phenoxy) is 1. The van der Waals surface area contributed by atoms with Crippen LogP contribution in [0.5, 0.6) is 5.75 Å². The summed E-state index contributed by atoms with van der Waals surface area (Å²) in [5.74, 6) is 0.478. The van der Waals surface area contributed by atoms with E-state index in [-0.39, 0.29) is 16.9 Å². The van der Waals surface area contributed by atoms with Gasteiger partial charge in [0.05, 0.1) is 11.5 Å². The molecule has 1 N–H and O–H groups in total. The minimum absolute atomic E-state index is 0.114. The van der Waals surface area contributed by atoms with Crippen molar-refractivity contribution < 1.29 is 14.5 Å². The van der Waals surface area contributed by atoms with E-state index in [9.17, 15) is 20.2 Å². The number of nitrogens with one attached hydrogen (secondary N) is 1. The molecule has 0 bridgehead atoms. The van der Waals surface area contributed by atoms with Gasteiger partial charge in [0.1, 0.15) is 17.4 Å². The third-order valence-electron chi connectivity index (χ3n) is 3.45. The lowest BCUT2D eigenvalue weighted by atomic mass is 10.1. The third kappa shape index (κ3) is 5.97. The van der Waals surface area contributed by atoms with E-state index in [2.05, 4.69) is 19.2 Å². The molecule has 7 heteroatoms. The van der Waals surface area contributed by atoms with Gasteiger partial charge in [0.2, 0.25) is 0 Å². The topological polar surface area (TPSA) is 105 Å². The molecule has 0 heterocycles. The van der Waals surface area contributed by atoms with E-state index in [4.69, 9.17) is 4.74 Å². The lowest BCUT2D eigenvalue weighted by molar-refractivity contribution is -0.384. The Morgan fingerprint density at radius 2 is 2.00 bits per heavy atom. The van der Waals surface area contributed by atoms with Gasteiger partial charge in [0.25, 0.3) is 11.6 Å². The fourth-order valence-corrected chi connectivity index (χ4v) is 2.13. The van der Waals surface area contributed by atoms with Crippen LogP contribution in [0.15, 0.2) is 54.1 Å². The van der Waals surface area contributed by atoms with Crippen molar-refractivity contribution in [2.24, 2.45) is 5.92 Å². The van der Waals surface area contributed by atoms with Crippen LogP contribution in [-0.2, 0) is 4.79 Å². The standard InChI is InChI=1S/C20H19N3O4/c1-14(2)13-27-19-8-6-15(7-9-19)10-16(12-21)20(24)22-17-4-3-5-18(11-17)23(25)26/h3-11,14H,13H2,1-2H3,(H,22,24)/b16-10+. The second-order valence-corrected chi connectivity index (χ2v) is 6.21. The summed E-state index contributed by atoms with van der Waals surface area (Å²) in [6, 6.07) is 14.4. The SMILES string of the molecule is CC(C)COc1ccc(/C=C(\C#N)C(=O)Nc2cccc([N+](=O)[O-])c2)cc1. The Balaban J connectivity index is 2.11. The second kappa shape index (κ2) is 9.15. The van der Waals surface area contributed by atoms with Gasteiger partial charge in [-0.25, -0.2) is 0 Å². The Bertz CT molecular complexity index is 896. The zero-order chi connectivity index (χ0) is 19.8. The largest absolute Gasteiger partial charge is 0.493 e. The molecule has 138 valence electrons. The molecule has 2 aromatic rings. The number of anilines is 1. The Hall–Kier alpha value is -3.66. The van der Waals surface area contributed by atoms with Crippen molar-refractivity contribution in [3.63, 3.8) is 0 Å². The lowest BCUT2D eigenvalue weighted by Gasteiger charge is -2.08. The van der Waals surface area contributed by atoms with Crippen LogP contribution in [0.2, 0.25) is 0 Å². The number of hydrogen-bond acceptors (Lipinski definition) is 5. The van der Waals surface area contributed by atoms with Crippen LogP contribution in [0.25, 0.3) is 6.08 Å². The van der Waals surface area contributed by atoms with E-state index in [0.29, 0.717) is 23.8 Å². The van der Waals surface area contributed by atoms with Crippen LogP contribution in [0.3, 0.4) is 0 Å². The first-order chi connectivity index (χ1) is 12.9. The molecule has 0 aliphatic heterocycles. The number of nitrogens with zero attached hydrogens (tertiary/aromatic N) is 2. The molecule has 7 nitrogen and oxygen atoms in total. The molecule has 2 aromatic carbocycles. The third-order valence-corrected chi connectivity index (χ3v) is 3.45. The number of amides is 1. The molecule has 0 aromatic heterocycles. The molecule has 0 atom stereocenters. The smallest absolute Gasteiger partial charge is 0.271 e. The second-order valence-electron chi connectivity index (χ2n) is 6.21. The van der Waals surface area contributed by atoms with Gasteiger partial charge < -0.3 is 10.1 Å². The van der Waals surface area contributed by atoms with Gasteiger partial charge in [-0.2, -0.15) is 5.26 Å². The number of nitriles is 1. The number of carbonyl (C=O) groups excluding carboxylic acids is 1. The number of hydrogen-bond donors (Lipinski definition) is 1. The van der Waals surface area contributed by atoms with E-state index >= 15 is 0 Å². The van der Waals surface area contributed by atoms with Gasteiger partial charge in [0.15, 0.2) is 0 Å². The van der Waals surface area contributed by atoms with E-state index in [1.165, 1.54) is 30.3 Å². The molecule has 27 heavy (non-hydrogen) atoms. The molecule has 0 unspecified atom stereocenters. The summed E-state index contributed by atoms with van der Waals surface area (Å²) in [4.78, 5) is 22.5. The number of benzene rings is 2. The highest BCUT2D eigenvalue weighted by Gasteiger charge is 2.12. The Kier molecular flexibility index (Phi) is 6.67. The molecule has 0 radical (unpaired) electrons. The fraction of sp³-hybridized carbons (Fsp3) is 0.200. The average molecular weight is 365 g/mol. The molecular formula is C20H19N3O4. The monoisotopic (exact) mass is 365 g/mol. The predicted molar refractivity (Wildman–Crippen MR) is 102 cm³/mol.